The third kappa shape index (κ3) is 8.18. The van der Waals surface area contributed by atoms with Crippen molar-refractivity contribution < 1.29 is 9.84 Å². The predicted octanol–water partition coefficient (Wildman–Crippen LogP) is 4.69. The maximum Gasteiger partial charge on any atom is 0.119 e. The molecule has 0 unspecified atom stereocenters. The first kappa shape index (κ1) is 28.1. The van der Waals surface area contributed by atoms with Crippen molar-refractivity contribution in [2.24, 2.45) is 0 Å². The summed E-state index contributed by atoms with van der Waals surface area (Å²) in [6.45, 7) is 7.46. The number of piperidine rings is 1. The Hall–Kier alpha value is -1.97. The fourth-order valence-corrected chi connectivity index (χ4v) is 3.97. The number of aliphatic hydroxyl groups is 1. The SMILES string of the molecule is CC(C)Oc1ccc(N(C)CC2(O)CCN(CCc3ccc(C#N)cc3)CC2)cc1.Cl.Cl. The molecule has 0 spiro atoms. The van der Waals surface area contributed by atoms with Gasteiger partial charge in [0.2, 0.25) is 0 Å². The number of nitrogens with zero attached hydrogens (tertiary/aromatic N) is 3. The van der Waals surface area contributed by atoms with E-state index in [0.717, 1.165) is 50.3 Å². The highest BCUT2D eigenvalue weighted by Crippen LogP contribution is 2.26. The Labute approximate surface area is 204 Å². The standard InChI is InChI=1S/C25H33N3O2.2ClH/c1-20(2)30-24-10-8-23(9-11-24)27(3)19-25(29)13-16-28(17-14-25)15-12-21-4-6-22(18-26)7-5-21;;/h4-11,20,29H,12-17,19H2,1-3H3;2*1H. The number of ether oxygens (including phenoxy) is 1. The van der Waals surface area contributed by atoms with E-state index >= 15 is 0 Å². The summed E-state index contributed by atoms with van der Waals surface area (Å²) in [5.41, 5.74) is 2.38. The van der Waals surface area contributed by atoms with Crippen molar-refractivity contribution in [2.75, 3.05) is 38.1 Å². The zero-order valence-corrected chi connectivity index (χ0v) is 20.8. The van der Waals surface area contributed by atoms with Crippen molar-refractivity contribution in [3.63, 3.8) is 0 Å². The lowest BCUT2D eigenvalue weighted by atomic mass is 9.90. The zero-order valence-electron chi connectivity index (χ0n) is 19.2. The minimum atomic E-state index is -0.660. The first-order valence-electron chi connectivity index (χ1n) is 10.8. The molecule has 0 radical (unpaired) electrons. The lowest BCUT2D eigenvalue weighted by Crippen LogP contribution is -2.50. The van der Waals surface area contributed by atoms with Gasteiger partial charge in [0.15, 0.2) is 0 Å². The molecule has 1 saturated heterocycles. The average molecular weight is 480 g/mol. The Kier molecular flexibility index (Phi) is 11.3. The highest BCUT2D eigenvalue weighted by atomic mass is 35.5. The van der Waals surface area contributed by atoms with Gasteiger partial charge in [0, 0.05) is 38.9 Å². The molecule has 3 rings (SSSR count). The molecule has 176 valence electrons. The van der Waals surface area contributed by atoms with Crippen LogP contribution in [0, 0.1) is 11.3 Å². The number of hydrogen-bond donors (Lipinski definition) is 1. The van der Waals surface area contributed by atoms with Crippen LogP contribution in [0.1, 0.15) is 37.8 Å². The molecule has 2 aromatic carbocycles. The van der Waals surface area contributed by atoms with Crippen LogP contribution in [0.4, 0.5) is 5.69 Å². The predicted molar refractivity (Wildman–Crippen MR) is 135 cm³/mol. The lowest BCUT2D eigenvalue weighted by Gasteiger charge is -2.40. The van der Waals surface area contributed by atoms with Gasteiger partial charge in [-0.1, -0.05) is 12.1 Å². The molecule has 32 heavy (non-hydrogen) atoms. The third-order valence-electron chi connectivity index (χ3n) is 5.77. The van der Waals surface area contributed by atoms with Crippen LogP contribution < -0.4 is 9.64 Å². The van der Waals surface area contributed by atoms with Gasteiger partial charge in [0.25, 0.3) is 0 Å². The van der Waals surface area contributed by atoms with Gasteiger partial charge in [-0.3, -0.25) is 0 Å². The molecular formula is C25H35Cl2N3O2. The summed E-state index contributed by atoms with van der Waals surface area (Å²) in [6, 6.07) is 18.1. The molecule has 1 fully saturated rings. The molecule has 1 aliphatic heterocycles. The molecule has 1 N–H and O–H groups in total. The first-order chi connectivity index (χ1) is 14.4. The second kappa shape index (κ2) is 12.9. The van der Waals surface area contributed by atoms with Crippen molar-refractivity contribution in [3.8, 4) is 11.8 Å². The molecule has 0 aromatic heterocycles. The summed E-state index contributed by atoms with van der Waals surface area (Å²) in [6.07, 6.45) is 2.68. The fraction of sp³-hybridized carbons (Fsp3) is 0.480. The van der Waals surface area contributed by atoms with E-state index in [-0.39, 0.29) is 30.9 Å². The summed E-state index contributed by atoms with van der Waals surface area (Å²) >= 11 is 0. The van der Waals surface area contributed by atoms with Crippen molar-refractivity contribution in [3.05, 3.63) is 59.7 Å². The number of hydrogen-bond acceptors (Lipinski definition) is 5. The van der Waals surface area contributed by atoms with Crippen LogP contribution in [0.5, 0.6) is 5.75 Å². The second-order valence-electron chi connectivity index (χ2n) is 8.64. The number of nitriles is 1. The summed E-state index contributed by atoms with van der Waals surface area (Å²) < 4.78 is 5.71. The van der Waals surface area contributed by atoms with Crippen LogP contribution in [-0.2, 0) is 6.42 Å². The number of likely N-dealkylation sites (tertiary alicyclic amines) is 1. The Morgan fingerprint density at radius 2 is 1.66 bits per heavy atom. The minimum absolute atomic E-state index is 0. The smallest absolute Gasteiger partial charge is 0.119 e. The maximum atomic E-state index is 11.1. The van der Waals surface area contributed by atoms with E-state index in [0.29, 0.717) is 12.1 Å². The Balaban J connectivity index is 0.00000256. The van der Waals surface area contributed by atoms with Crippen LogP contribution >= 0.6 is 24.8 Å². The van der Waals surface area contributed by atoms with Crippen LogP contribution in [-0.4, -0.2) is 54.9 Å². The van der Waals surface area contributed by atoms with E-state index in [1.165, 1.54) is 5.56 Å². The maximum absolute atomic E-state index is 11.1. The summed E-state index contributed by atoms with van der Waals surface area (Å²) in [7, 11) is 2.04. The van der Waals surface area contributed by atoms with Gasteiger partial charge >= 0.3 is 0 Å². The second-order valence-corrected chi connectivity index (χ2v) is 8.64. The topological polar surface area (TPSA) is 59.7 Å². The molecule has 2 aromatic rings. The van der Waals surface area contributed by atoms with E-state index in [2.05, 4.69) is 15.9 Å². The fourth-order valence-electron chi connectivity index (χ4n) is 3.97. The quantitative estimate of drug-likeness (QED) is 0.594. The molecule has 1 aliphatic rings. The number of likely N-dealkylation sites (N-methyl/N-ethyl adjacent to an activating group) is 1. The largest absolute Gasteiger partial charge is 0.491 e. The van der Waals surface area contributed by atoms with Crippen molar-refractivity contribution >= 4 is 30.5 Å². The minimum Gasteiger partial charge on any atom is -0.491 e. The highest BCUT2D eigenvalue weighted by Gasteiger charge is 2.33. The van der Waals surface area contributed by atoms with Crippen LogP contribution in [0.25, 0.3) is 0 Å². The molecule has 0 saturated carbocycles. The van der Waals surface area contributed by atoms with E-state index in [1.54, 1.807) is 0 Å². The van der Waals surface area contributed by atoms with Gasteiger partial charge in [-0.25, -0.2) is 0 Å². The molecule has 5 nitrogen and oxygen atoms in total. The Morgan fingerprint density at radius 3 is 2.19 bits per heavy atom. The van der Waals surface area contributed by atoms with Crippen molar-refractivity contribution in [2.45, 2.75) is 44.8 Å². The van der Waals surface area contributed by atoms with Crippen LogP contribution in [0.15, 0.2) is 48.5 Å². The van der Waals surface area contributed by atoms with E-state index in [9.17, 15) is 5.11 Å². The number of halogens is 2. The van der Waals surface area contributed by atoms with Gasteiger partial charge < -0.3 is 19.6 Å². The first-order valence-corrected chi connectivity index (χ1v) is 10.8. The monoisotopic (exact) mass is 479 g/mol. The highest BCUT2D eigenvalue weighted by molar-refractivity contribution is 5.85. The summed E-state index contributed by atoms with van der Waals surface area (Å²) in [4.78, 5) is 4.55. The number of benzene rings is 2. The summed E-state index contributed by atoms with van der Waals surface area (Å²) in [5.74, 6) is 0.872. The molecule has 0 atom stereocenters. The number of rotatable bonds is 8. The zero-order chi connectivity index (χ0) is 21.6. The van der Waals surface area contributed by atoms with Gasteiger partial charge in [-0.2, -0.15) is 5.26 Å². The molecule has 0 bridgehead atoms. The van der Waals surface area contributed by atoms with Crippen molar-refractivity contribution in [1.82, 2.24) is 4.90 Å². The molecule has 0 aliphatic carbocycles. The molecule has 7 heteroatoms. The van der Waals surface area contributed by atoms with Crippen LogP contribution in [0.3, 0.4) is 0 Å². The Bertz CT molecular complexity index is 843. The van der Waals surface area contributed by atoms with Gasteiger partial charge in [0.1, 0.15) is 5.75 Å². The summed E-state index contributed by atoms with van der Waals surface area (Å²) in [5, 5.41) is 20.0. The van der Waals surface area contributed by atoms with Gasteiger partial charge in [-0.15, -0.1) is 24.8 Å². The van der Waals surface area contributed by atoms with Crippen LogP contribution in [0.2, 0.25) is 0 Å². The Morgan fingerprint density at radius 1 is 1.06 bits per heavy atom. The molecule has 0 amide bonds. The van der Waals surface area contributed by atoms with Gasteiger partial charge in [0.05, 0.1) is 23.3 Å². The van der Waals surface area contributed by atoms with Crippen molar-refractivity contribution in [1.29, 1.82) is 5.26 Å². The van der Waals surface area contributed by atoms with E-state index < -0.39 is 5.60 Å². The molecule has 1 heterocycles. The lowest BCUT2D eigenvalue weighted by molar-refractivity contribution is -0.0137. The van der Waals surface area contributed by atoms with E-state index in [1.807, 2.05) is 69.4 Å². The average Bonchev–Trinajstić information content (AvgIpc) is 2.73. The number of anilines is 1. The molecular weight excluding hydrogens is 445 g/mol. The van der Waals surface area contributed by atoms with Gasteiger partial charge in [-0.05, 0) is 75.1 Å². The van der Waals surface area contributed by atoms with E-state index in [4.69, 9.17) is 10.00 Å². The normalized spacial score (nSPS) is 15.2. The third-order valence-corrected chi connectivity index (χ3v) is 5.77.